The van der Waals surface area contributed by atoms with Crippen molar-refractivity contribution in [3.63, 3.8) is 0 Å². The highest BCUT2D eigenvalue weighted by Crippen LogP contribution is 2.27. The molecule has 32 heavy (non-hydrogen) atoms. The second kappa shape index (κ2) is 9.31. The molecule has 168 valence electrons. The van der Waals surface area contributed by atoms with Crippen molar-refractivity contribution in [2.24, 2.45) is 0 Å². The van der Waals surface area contributed by atoms with Gasteiger partial charge in [-0.15, -0.1) is 13.2 Å². The van der Waals surface area contributed by atoms with Crippen molar-refractivity contribution in [1.29, 1.82) is 0 Å². The van der Waals surface area contributed by atoms with Crippen LogP contribution >= 0.6 is 0 Å². The van der Waals surface area contributed by atoms with Crippen molar-refractivity contribution in [2.45, 2.75) is 24.2 Å². The summed E-state index contributed by atoms with van der Waals surface area (Å²) >= 11 is 0. The molecule has 0 heterocycles. The summed E-state index contributed by atoms with van der Waals surface area (Å²) in [5.74, 6) is -1.20. The lowest BCUT2D eigenvalue weighted by atomic mass is 10.1. The molecule has 0 fully saturated rings. The Bertz CT molecular complexity index is 1200. The smallest absolute Gasteiger partial charge is 0.406 e. The molecule has 2 N–H and O–H groups in total. The maximum Gasteiger partial charge on any atom is 0.573 e. The number of carbonyl (C=O) groups excluding carboxylic acids is 1. The molecule has 0 aliphatic heterocycles. The van der Waals surface area contributed by atoms with Crippen LogP contribution in [0.2, 0.25) is 0 Å². The van der Waals surface area contributed by atoms with Crippen LogP contribution in [0.4, 0.5) is 18.9 Å². The minimum Gasteiger partial charge on any atom is -0.406 e. The maximum absolute atomic E-state index is 12.8. The van der Waals surface area contributed by atoms with E-state index in [2.05, 4.69) is 14.8 Å². The standard InChI is InChI=1S/C22H19F3N2O4S/c1-15(16-8-3-2-4-9-16)26-21(28)19-12-5-6-13-20(19)27-32(29,30)18-11-7-10-17(14-18)31-22(23,24)25/h2-15,27H,1H3,(H,26,28). The molecule has 0 saturated heterocycles. The van der Waals surface area contributed by atoms with Gasteiger partial charge in [0.15, 0.2) is 0 Å². The van der Waals surface area contributed by atoms with Gasteiger partial charge in [0.1, 0.15) is 5.75 Å². The van der Waals surface area contributed by atoms with Crippen LogP contribution in [-0.2, 0) is 10.0 Å². The molecule has 3 rings (SSSR count). The summed E-state index contributed by atoms with van der Waals surface area (Å²) in [6.07, 6.45) is -4.96. The minimum absolute atomic E-state index is 0.0209. The predicted molar refractivity (Wildman–Crippen MR) is 113 cm³/mol. The first kappa shape index (κ1) is 23.1. The van der Waals surface area contributed by atoms with E-state index in [4.69, 9.17) is 0 Å². The van der Waals surface area contributed by atoms with Gasteiger partial charge in [0.2, 0.25) is 0 Å². The molecule has 0 aliphatic carbocycles. The number of halogens is 3. The lowest BCUT2D eigenvalue weighted by Crippen LogP contribution is -2.28. The van der Waals surface area contributed by atoms with Crippen LogP contribution in [0.5, 0.6) is 5.75 Å². The fraction of sp³-hybridized carbons (Fsp3) is 0.136. The Kier molecular flexibility index (Phi) is 6.73. The molecule has 0 bridgehead atoms. The van der Waals surface area contributed by atoms with Gasteiger partial charge in [0, 0.05) is 6.07 Å². The third-order valence-electron chi connectivity index (χ3n) is 4.41. The summed E-state index contributed by atoms with van der Waals surface area (Å²) in [6, 6.07) is 18.7. The van der Waals surface area contributed by atoms with Gasteiger partial charge in [-0.2, -0.15) is 0 Å². The highest BCUT2D eigenvalue weighted by atomic mass is 32.2. The Hall–Kier alpha value is -3.53. The van der Waals surface area contributed by atoms with Gasteiger partial charge in [-0.05, 0) is 36.8 Å². The second-order valence-corrected chi connectivity index (χ2v) is 8.46. The number of para-hydroxylation sites is 1. The summed E-state index contributed by atoms with van der Waals surface area (Å²) < 4.78 is 68.9. The van der Waals surface area contributed by atoms with Gasteiger partial charge in [-0.3, -0.25) is 9.52 Å². The van der Waals surface area contributed by atoms with Gasteiger partial charge >= 0.3 is 6.36 Å². The van der Waals surface area contributed by atoms with Gasteiger partial charge in [-0.25, -0.2) is 8.42 Å². The van der Waals surface area contributed by atoms with Crippen LogP contribution in [0, 0.1) is 0 Å². The van der Waals surface area contributed by atoms with Crippen molar-refractivity contribution < 1.29 is 31.1 Å². The number of ether oxygens (including phenoxy) is 1. The summed E-state index contributed by atoms with van der Waals surface area (Å²) in [5, 5.41) is 2.79. The van der Waals surface area contributed by atoms with Crippen molar-refractivity contribution >= 4 is 21.6 Å². The SMILES string of the molecule is CC(NC(=O)c1ccccc1NS(=O)(=O)c1cccc(OC(F)(F)F)c1)c1ccccc1. The van der Waals surface area contributed by atoms with E-state index in [0.717, 1.165) is 29.8 Å². The van der Waals surface area contributed by atoms with Gasteiger partial charge in [0.25, 0.3) is 15.9 Å². The van der Waals surface area contributed by atoms with E-state index in [-0.39, 0.29) is 17.3 Å². The summed E-state index contributed by atoms with van der Waals surface area (Å²) in [6.45, 7) is 1.78. The van der Waals surface area contributed by atoms with E-state index in [1.54, 1.807) is 13.0 Å². The van der Waals surface area contributed by atoms with Crippen molar-refractivity contribution in [3.05, 3.63) is 90.0 Å². The number of nitrogens with one attached hydrogen (secondary N) is 2. The first-order chi connectivity index (χ1) is 15.0. The zero-order valence-electron chi connectivity index (χ0n) is 16.8. The average molecular weight is 464 g/mol. The molecule has 0 radical (unpaired) electrons. The number of hydrogen-bond acceptors (Lipinski definition) is 4. The molecule has 1 unspecified atom stereocenters. The Labute approximate surface area is 183 Å². The lowest BCUT2D eigenvalue weighted by molar-refractivity contribution is -0.274. The normalized spacial score (nSPS) is 12.6. The number of alkyl halides is 3. The highest BCUT2D eigenvalue weighted by molar-refractivity contribution is 7.92. The van der Waals surface area contributed by atoms with Crippen LogP contribution in [0.1, 0.15) is 28.9 Å². The van der Waals surface area contributed by atoms with Crippen molar-refractivity contribution in [2.75, 3.05) is 4.72 Å². The predicted octanol–water partition coefficient (Wildman–Crippen LogP) is 4.88. The van der Waals surface area contributed by atoms with Gasteiger partial charge in [-0.1, -0.05) is 48.5 Å². The van der Waals surface area contributed by atoms with Gasteiger partial charge < -0.3 is 10.1 Å². The van der Waals surface area contributed by atoms with Crippen LogP contribution < -0.4 is 14.8 Å². The first-order valence-corrected chi connectivity index (χ1v) is 10.9. The number of amides is 1. The molecule has 0 aliphatic rings. The van der Waals surface area contributed by atoms with E-state index < -0.39 is 32.9 Å². The molecule has 0 spiro atoms. The second-order valence-electron chi connectivity index (χ2n) is 6.78. The molecule has 0 aromatic heterocycles. The van der Waals surface area contributed by atoms with Crippen molar-refractivity contribution in [1.82, 2.24) is 5.32 Å². The summed E-state index contributed by atoms with van der Waals surface area (Å²) in [7, 11) is -4.31. The maximum atomic E-state index is 12.8. The molecule has 10 heteroatoms. The highest BCUT2D eigenvalue weighted by Gasteiger charge is 2.31. The largest absolute Gasteiger partial charge is 0.573 e. The molecular formula is C22H19F3N2O4S. The van der Waals surface area contributed by atoms with Crippen LogP contribution in [0.25, 0.3) is 0 Å². The quantitative estimate of drug-likeness (QED) is 0.522. The zero-order valence-corrected chi connectivity index (χ0v) is 17.6. The fourth-order valence-electron chi connectivity index (χ4n) is 2.91. The number of anilines is 1. The van der Waals surface area contributed by atoms with E-state index in [1.807, 2.05) is 30.3 Å². The van der Waals surface area contributed by atoms with E-state index in [9.17, 15) is 26.4 Å². The summed E-state index contributed by atoms with van der Waals surface area (Å²) in [4.78, 5) is 12.3. The average Bonchev–Trinajstić information content (AvgIpc) is 2.73. The Morgan fingerprint density at radius 3 is 2.28 bits per heavy atom. The molecular weight excluding hydrogens is 445 g/mol. The van der Waals surface area contributed by atoms with E-state index in [0.29, 0.717) is 0 Å². The molecule has 3 aromatic carbocycles. The molecule has 1 atom stereocenters. The third kappa shape index (κ3) is 6.01. The first-order valence-electron chi connectivity index (χ1n) is 9.39. The van der Waals surface area contributed by atoms with E-state index >= 15 is 0 Å². The zero-order chi connectivity index (χ0) is 23.4. The van der Waals surface area contributed by atoms with Crippen LogP contribution in [-0.4, -0.2) is 20.7 Å². The molecule has 3 aromatic rings. The Balaban J connectivity index is 1.83. The number of carbonyl (C=O) groups is 1. The fourth-order valence-corrected chi connectivity index (χ4v) is 4.03. The van der Waals surface area contributed by atoms with E-state index in [1.165, 1.54) is 18.2 Å². The number of hydrogen-bond donors (Lipinski definition) is 2. The van der Waals surface area contributed by atoms with Crippen molar-refractivity contribution in [3.8, 4) is 5.75 Å². The van der Waals surface area contributed by atoms with Crippen LogP contribution in [0.15, 0.2) is 83.8 Å². The Morgan fingerprint density at radius 2 is 1.59 bits per heavy atom. The molecule has 0 saturated carbocycles. The minimum atomic E-state index is -4.96. The topological polar surface area (TPSA) is 84.5 Å². The number of benzene rings is 3. The lowest BCUT2D eigenvalue weighted by Gasteiger charge is -2.17. The third-order valence-corrected chi connectivity index (χ3v) is 5.78. The number of sulfonamides is 1. The Morgan fingerprint density at radius 1 is 0.938 bits per heavy atom. The number of rotatable bonds is 7. The summed E-state index contributed by atoms with van der Waals surface area (Å²) in [5.41, 5.74) is 0.898. The van der Waals surface area contributed by atoms with Gasteiger partial charge in [0.05, 0.1) is 22.2 Å². The monoisotopic (exact) mass is 464 g/mol. The molecule has 6 nitrogen and oxygen atoms in total. The van der Waals surface area contributed by atoms with Crippen LogP contribution in [0.3, 0.4) is 0 Å². The molecule has 1 amide bonds.